The molecule has 0 unspecified atom stereocenters. The predicted molar refractivity (Wildman–Crippen MR) is 95.4 cm³/mol. The molecule has 7 heteroatoms. The molecule has 0 bridgehead atoms. The summed E-state index contributed by atoms with van der Waals surface area (Å²) in [4.78, 5) is 0. The lowest BCUT2D eigenvalue weighted by atomic mass is 10.0. The molecule has 0 aliphatic carbocycles. The highest BCUT2D eigenvalue weighted by molar-refractivity contribution is 5.51. The molecule has 0 aliphatic heterocycles. The summed E-state index contributed by atoms with van der Waals surface area (Å²) < 4.78 is 21.4. The van der Waals surface area contributed by atoms with E-state index in [1.54, 1.807) is 19.2 Å². The Bertz CT molecular complexity index is 745. The molecule has 0 radical (unpaired) electrons. The highest BCUT2D eigenvalue weighted by Crippen LogP contribution is 2.38. The van der Waals surface area contributed by atoms with Gasteiger partial charge in [-0.25, -0.2) is 0 Å². The summed E-state index contributed by atoms with van der Waals surface area (Å²) in [5, 5.41) is 30.0. The quantitative estimate of drug-likeness (QED) is 0.660. The van der Waals surface area contributed by atoms with E-state index in [1.165, 1.54) is 32.4 Å². The zero-order valence-corrected chi connectivity index (χ0v) is 15.2. The van der Waals surface area contributed by atoms with Gasteiger partial charge >= 0.3 is 0 Å². The largest absolute Gasteiger partial charge is 0.504 e. The number of rotatable bonds is 8. The summed E-state index contributed by atoms with van der Waals surface area (Å²) in [5.41, 5.74) is 1.17. The van der Waals surface area contributed by atoms with Crippen LogP contribution in [0.25, 0.3) is 0 Å². The number of hydrogen-bond acceptors (Lipinski definition) is 7. The van der Waals surface area contributed by atoms with Crippen LogP contribution in [0.1, 0.15) is 17.2 Å². The number of aliphatic hydroxyl groups is 2. The zero-order chi connectivity index (χ0) is 19.3. The van der Waals surface area contributed by atoms with Crippen molar-refractivity contribution in [3.63, 3.8) is 0 Å². The molecule has 0 saturated carbocycles. The lowest BCUT2D eigenvalue weighted by Crippen LogP contribution is -2.29. The molecule has 26 heavy (non-hydrogen) atoms. The third-order valence-corrected chi connectivity index (χ3v) is 4.02. The first-order chi connectivity index (χ1) is 12.4. The minimum Gasteiger partial charge on any atom is -0.504 e. The maximum atomic E-state index is 10.6. The maximum absolute atomic E-state index is 10.6. The van der Waals surface area contributed by atoms with E-state index in [9.17, 15) is 15.3 Å². The number of phenols is 1. The van der Waals surface area contributed by atoms with Crippen LogP contribution < -0.4 is 18.9 Å². The summed E-state index contributed by atoms with van der Waals surface area (Å²) in [6, 6.07) is 7.86. The average Bonchev–Trinajstić information content (AvgIpc) is 2.66. The Balaban J connectivity index is 2.32. The smallest absolute Gasteiger partial charge is 0.165 e. The van der Waals surface area contributed by atoms with Gasteiger partial charge < -0.3 is 34.3 Å². The van der Waals surface area contributed by atoms with Crippen LogP contribution in [0.4, 0.5) is 0 Å². The summed E-state index contributed by atoms with van der Waals surface area (Å²) in [5.74, 6) is 1.61. The van der Waals surface area contributed by atoms with Gasteiger partial charge in [-0.2, -0.15) is 0 Å². The second kappa shape index (κ2) is 8.64. The Hall–Kier alpha value is -2.64. The van der Waals surface area contributed by atoms with Crippen LogP contribution in [-0.2, 0) is 0 Å². The second-order valence-electron chi connectivity index (χ2n) is 5.69. The van der Waals surface area contributed by atoms with Gasteiger partial charge in [0.2, 0.25) is 0 Å². The molecule has 142 valence electrons. The predicted octanol–water partition coefficient (Wildman–Crippen LogP) is 2.20. The summed E-state index contributed by atoms with van der Waals surface area (Å²) in [7, 11) is 4.46. The Morgan fingerprint density at radius 3 is 2.23 bits per heavy atom. The van der Waals surface area contributed by atoms with E-state index < -0.39 is 18.8 Å². The minimum atomic E-state index is -1.15. The van der Waals surface area contributed by atoms with Gasteiger partial charge in [-0.15, -0.1) is 0 Å². The average molecular weight is 364 g/mol. The highest BCUT2D eigenvalue weighted by Gasteiger charge is 2.25. The fraction of sp³-hybridized carbons (Fsp3) is 0.368. The molecule has 0 aliphatic rings. The van der Waals surface area contributed by atoms with Gasteiger partial charge in [-0.1, -0.05) is 6.07 Å². The molecule has 2 aromatic rings. The summed E-state index contributed by atoms with van der Waals surface area (Å²) in [6.07, 6.45) is -2.11. The highest BCUT2D eigenvalue weighted by atomic mass is 16.5. The summed E-state index contributed by atoms with van der Waals surface area (Å²) >= 11 is 0. The van der Waals surface area contributed by atoms with Crippen molar-refractivity contribution in [2.45, 2.75) is 19.1 Å². The van der Waals surface area contributed by atoms with Crippen molar-refractivity contribution in [1.82, 2.24) is 0 Å². The van der Waals surface area contributed by atoms with Gasteiger partial charge in [0.25, 0.3) is 0 Å². The van der Waals surface area contributed by atoms with E-state index in [0.29, 0.717) is 22.8 Å². The lowest BCUT2D eigenvalue weighted by Gasteiger charge is -2.25. The number of methoxy groups -OCH3 is 3. The van der Waals surface area contributed by atoms with E-state index in [4.69, 9.17) is 18.9 Å². The van der Waals surface area contributed by atoms with Crippen molar-refractivity contribution in [1.29, 1.82) is 0 Å². The van der Waals surface area contributed by atoms with Crippen LogP contribution in [0, 0.1) is 6.92 Å². The van der Waals surface area contributed by atoms with Crippen molar-refractivity contribution in [2.75, 3.05) is 27.9 Å². The van der Waals surface area contributed by atoms with E-state index in [1.807, 2.05) is 6.92 Å². The molecular weight excluding hydrogens is 340 g/mol. The third-order valence-electron chi connectivity index (χ3n) is 4.02. The number of aromatic hydroxyl groups is 1. The van der Waals surface area contributed by atoms with Crippen LogP contribution in [0.3, 0.4) is 0 Å². The normalized spacial score (nSPS) is 13.0. The number of aliphatic hydroxyl groups excluding tert-OH is 2. The molecule has 0 amide bonds. The van der Waals surface area contributed by atoms with E-state index in [-0.39, 0.29) is 11.5 Å². The van der Waals surface area contributed by atoms with E-state index in [2.05, 4.69) is 0 Å². The Morgan fingerprint density at radius 1 is 0.962 bits per heavy atom. The SMILES string of the molecule is COc1cc(C)c(O[C@H](CO)[C@@H](O)c2ccc(O)c(OC)c2)c(OC)c1. The molecule has 0 spiro atoms. The number of phenolic OH excluding ortho intramolecular Hbond substituents is 1. The standard InChI is InChI=1S/C19H24O7/c1-11-7-13(23-2)9-16(25-4)19(11)26-17(10-20)18(22)12-5-6-14(21)15(8-12)24-3/h5-9,17-18,20-22H,10H2,1-4H3/t17-,18+/m1/s1. The molecule has 0 aromatic heterocycles. The van der Waals surface area contributed by atoms with Crippen molar-refractivity contribution < 1.29 is 34.3 Å². The molecule has 3 N–H and O–H groups in total. The van der Waals surface area contributed by atoms with Crippen molar-refractivity contribution in [2.24, 2.45) is 0 Å². The molecule has 0 fully saturated rings. The molecular formula is C19H24O7. The molecule has 2 atom stereocenters. The minimum absolute atomic E-state index is 0.0439. The molecule has 7 nitrogen and oxygen atoms in total. The van der Waals surface area contributed by atoms with Gasteiger partial charge in [0.1, 0.15) is 11.9 Å². The topological polar surface area (TPSA) is 97.6 Å². The molecule has 2 rings (SSSR count). The maximum Gasteiger partial charge on any atom is 0.165 e. The number of ether oxygens (including phenoxy) is 4. The van der Waals surface area contributed by atoms with Crippen molar-refractivity contribution in [3.8, 4) is 28.7 Å². The first kappa shape index (κ1) is 19.7. The van der Waals surface area contributed by atoms with Crippen LogP contribution in [0.5, 0.6) is 28.7 Å². The van der Waals surface area contributed by atoms with E-state index >= 15 is 0 Å². The Morgan fingerprint density at radius 2 is 1.65 bits per heavy atom. The van der Waals surface area contributed by atoms with Crippen LogP contribution in [-0.4, -0.2) is 49.4 Å². The fourth-order valence-corrected chi connectivity index (χ4v) is 2.58. The van der Waals surface area contributed by atoms with E-state index in [0.717, 1.165) is 5.56 Å². The van der Waals surface area contributed by atoms with Crippen LogP contribution >= 0.6 is 0 Å². The first-order valence-corrected chi connectivity index (χ1v) is 8.00. The monoisotopic (exact) mass is 364 g/mol. The van der Waals surface area contributed by atoms with Crippen molar-refractivity contribution >= 4 is 0 Å². The number of benzene rings is 2. The van der Waals surface area contributed by atoms with Crippen molar-refractivity contribution in [3.05, 3.63) is 41.5 Å². The number of hydrogen-bond donors (Lipinski definition) is 3. The molecule has 2 aromatic carbocycles. The Kier molecular flexibility index (Phi) is 6.54. The molecule has 0 saturated heterocycles. The molecule has 0 heterocycles. The number of aryl methyl sites for hydroxylation is 1. The Labute approximate surface area is 152 Å². The van der Waals surface area contributed by atoms with Gasteiger partial charge in [-0.3, -0.25) is 0 Å². The van der Waals surface area contributed by atoms with Gasteiger partial charge in [0.15, 0.2) is 29.1 Å². The van der Waals surface area contributed by atoms with Gasteiger partial charge in [0, 0.05) is 6.07 Å². The van der Waals surface area contributed by atoms with Gasteiger partial charge in [0.05, 0.1) is 27.9 Å². The second-order valence-corrected chi connectivity index (χ2v) is 5.69. The third kappa shape index (κ3) is 4.12. The van der Waals surface area contributed by atoms with Gasteiger partial charge in [-0.05, 0) is 36.2 Å². The summed E-state index contributed by atoms with van der Waals surface area (Å²) in [6.45, 7) is 1.38. The first-order valence-electron chi connectivity index (χ1n) is 8.00. The lowest BCUT2D eigenvalue weighted by molar-refractivity contribution is -0.000888. The van der Waals surface area contributed by atoms with Crippen LogP contribution in [0.15, 0.2) is 30.3 Å². The fourth-order valence-electron chi connectivity index (χ4n) is 2.58. The van der Waals surface area contributed by atoms with Crippen LogP contribution in [0.2, 0.25) is 0 Å². The zero-order valence-electron chi connectivity index (χ0n) is 15.2.